The number of benzene rings is 2. The van der Waals surface area contributed by atoms with Gasteiger partial charge in [-0.15, -0.1) is 0 Å². The summed E-state index contributed by atoms with van der Waals surface area (Å²) in [4.78, 5) is 35.5. The summed E-state index contributed by atoms with van der Waals surface area (Å²) in [6.45, 7) is 2.43. The summed E-state index contributed by atoms with van der Waals surface area (Å²) in [5.74, 6) is -2.06. The molecule has 2 aromatic carbocycles. The molecule has 3 rings (SSSR count). The molecule has 0 aromatic heterocycles. The second-order valence-electron chi connectivity index (χ2n) is 7.77. The molecule has 1 fully saturated rings. The molecule has 0 aliphatic carbocycles. The fourth-order valence-corrected chi connectivity index (χ4v) is 3.13. The number of non-ortho nitro benzene ring substituents is 1. The monoisotopic (exact) mass is 522 g/mol. The molecule has 0 saturated carbocycles. The van der Waals surface area contributed by atoms with Crippen LogP contribution in [0.15, 0.2) is 36.4 Å². The van der Waals surface area contributed by atoms with E-state index in [1.54, 1.807) is 4.90 Å². The minimum Gasteiger partial charge on any atom is -0.478 e. The third kappa shape index (κ3) is 7.56. The Hall–Kier alpha value is -3.88. The van der Waals surface area contributed by atoms with Crippen LogP contribution in [0, 0.1) is 10.1 Å². The molecule has 9 nitrogen and oxygen atoms in total. The summed E-state index contributed by atoms with van der Waals surface area (Å²) < 4.78 is 74.9. The van der Waals surface area contributed by atoms with E-state index in [2.05, 4.69) is 4.90 Å². The van der Waals surface area contributed by atoms with Gasteiger partial charge in [-0.1, -0.05) is 0 Å². The number of anilines is 1. The first-order valence-corrected chi connectivity index (χ1v) is 10.0. The minimum atomic E-state index is -4.82. The van der Waals surface area contributed by atoms with E-state index in [-0.39, 0.29) is 17.3 Å². The Morgan fingerprint density at radius 2 is 1.39 bits per heavy atom. The molecule has 1 aliphatic rings. The van der Waals surface area contributed by atoms with Gasteiger partial charge in [-0.2, -0.15) is 26.3 Å². The maximum atomic E-state index is 12.7. The number of nitro groups is 1. The largest absolute Gasteiger partial charge is 0.478 e. The molecule has 1 heterocycles. The second kappa shape index (κ2) is 10.8. The number of rotatable bonds is 3. The summed E-state index contributed by atoms with van der Waals surface area (Å²) in [6, 6.07) is 4.17. The standard InChI is InChI=1S/C13H16F3N3O.C8H4F3NO4/c1-18-2-4-19(5-3-18)12(20)9-6-10(13(14,15)16)8-11(17)7-9;9-8(10,11)5-1-4(7(13)14)2-6(3-5)12(15)16/h6-8H,2-5,17H2,1H3;1-3H,(H,13,14). The highest BCUT2D eigenvalue weighted by atomic mass is 19.4. The van der Waals surface area contributed by atoms with Gasteiger partial charge in [0.05, 0.1) is 21.6 Å². The summed E-state index contributed by atoms with van der Waals surface area (Å²) in [5.41, 5.74) is 1.45. The van der Waals surface area contributed by atoms with Crippen LogP contribution in [-0.4, -0.2) is 64.9 Å². The number of amides is 1. The number of nitrogens with two attached hydrogens (primary N) is 1. The van der Waals surface area contributed by atoms with Gasteiger partial charge in [0.15, 0.2) is 0 Å². The summed E-state index contributed by atoms with van der Waals surface area (Å²) in [6.07, 6.45) is -9.33. The number of carboxylic acid groups (broad SMARTS) is 1. The van der Waals surface area contributed by atoms with E-state index in [0.29, 0.717) is 38.3 Å². The Morgan fingerprint density at radius 1 is 0.889 bits per heavy atom. The van der Waals surface area contributed by atoms with Crippen molar-refractivity contribution in [1.29, 1.82) is 0 Å². The Balaban J connectivity index is 0.000000261. The molecule has 1 aliphatic heterocycles. The van der Waals surface area contributed by atoms with Crippen molar-refractivity contribution < 1.29 is 46.0 Å². The molecular formula is C21H20F6N4O5. The van der Waals surface area contributed by atoms with Gasteiger partial charge in [-0.3, -0.25) is 14.9 Å². The van der Waals surface area contributed by atoms with Crippen molar-refractivity contribution in [3.8, 4) is 0 Å². The fraction of sp³-hybridized carbons (Fsp3) is 0.333. The van der Waals surface area contributed by atoms with Crippen molar-refractivity contribution in [3.63, 3.8) is 0 Å². The van der Waals surface area contributed by atoms with Gasteiger partial charge in [0.25, 0.3) is 11.6 Å². The highest BCUT2D eigenvalue weighted by Crippen LogP contribution is 2.33. The van der Waals surface area contributed by atoms with Crippen LogP contribution < -0.4 is 5.73 Å². The smallest absolute Gasteiger partial charge is 0.416 e. The molecule has 2 aromatic rings. The first kappa shape index (κ1) is 28.4. The van der Waals surface area contributed by atoms with E-state index in [1.807, 2.05) is 7.05 Å². The van der Waals surface area contributed by atoms with Crippen LogP contribution in [0.2, 0.25) is 0 Å². The van der Waals surface area contributed by atoms with Crippen molar-refractivity contribution in [1.82, 2.24) is 9.80 Å². The van der Waals surface area contributed by atoms with Gasteiger partial charge < -0.3 is 20.6 Å². The van der Waals surface area contributed by atoms with Crippen molar-refractivity contribution in [2.75, 3.05) is 39.0 Å². The third-order valence-electron chi connectivity index (χ3n) is 5.02. The lowest BCUT2D eigenvalue weighted by molar-refractivity contribution is -0.385. The average Bonchev–Trinajstić information content (AvgIpc) is 2.77. The number of likely N-dealkylation sites (N-methyl/N-ethyl adjacent to an activating group) is 1. The van der Waals surface area contributed by atoms with Gasteiger partial charge in [-0.05, 0) is 31.3 Å². The molecule has 1 saturated heterocycles. The van der Waals surface area contributed by atoms with Gasteiger partial charge in [0.2, 0.25) is 0 Å². The Morgan fingerprint density at radius 3 is 1.86 bits per heavy atom. The summed E-state index contributed by atoms with van der Waals surface area (Å²) in [5, 5.41) is 18.8. The Labute approximate surface area is 199 Å². The first-order valence-electron chi connectivity index (χ1n) is 10.0. The molecule has 0 spiro atoms. The van der Waals surface area contributed by atoms with Crippen LogP contribution in [0.25, 0.3) is 0 Å². The van der Waals surface area contributed by atoms with Gasteiger partial charge in [0, 0.05) is 49.6 Å². The van der Waals surface area contributed by atoms with E-state index in [9.17, 15) is 46.0 Å². The predicted octanol–water partition coefficient (Wildman–Crippen LogP) is 3.99. The van der Waals surface area contributed by atoms with Gasteiger partial charge >= 0.3 is 18.3 Å². The zero-order chi connectivity index (χ0) is 27.4. The number of carbonyl (C=O) groups is 2. The topological polar surface area (TPSA) is 130 Å². The van der Waals surface area contributed by atoms with Crippen LogP contribution in [0.1, 0.15) is 31.8 Å². The molecule has 3 N–H and O–H groups in total. The molecule has 0 bridgehead atoms. The van der Waals surface area contributed by atoms with Crippen LogP contribution in [0.3, 0.4) is 0 Å². The van der Waals surface area contributed by atoms with Crippen LogP contribution >= 0.6 is 0 Å². The average molecular weight is 522 g/mol. The first-order chi connectivity index (χ1) is 16.5. The number of nitrogen functional groups attached to an aromatic ring is 1. The maximum absolute atomic E-state index is 12.7. The van der Waals surface area contributed by atoms with Crippen LogP contribution in [0.5, 0.6) is 0 Å². The fourth-order valence-electron chi connectivity index (χ4n) is 3.13. The van der Waals surface area contributed by atoms with Gasteiger partial charge in [0.1, 0.15) is 0 Å². The number of nitro benzene ring substituents is 1. The lowest BCUT2D eigenvalue weighted by Gasteiger charge is -2.32. The SMILES string of the molecule is CN1CCN(C(=O)c2cc(N)cc(C(F)(F)F)c2)CC1.O=C(O)c1cc([N+](=O)[O-])cc(C(F)(F)F)c1. The molecule has 196 valence electrons. The minimum absolute atomic E-state index is 0.0121. The molecule has 36 heavy (non-hydrogen) atoms. The van der Waals surface area contributed by atoms with Crippen molar-refractivity contribution in [2.45, 2.75) is 12.4 Å². The molecule has 0 unspecified atom stereocenters. The quantitative estimate of drug-likeness (QED) is 0.270. The van der Waals surface area contributed by atoms with E-state index < -0.39 is 51.5 Å². The molecule has 0 radical (unpaired) electrons. The zero-order valence-corrected chi connectivity index (χ0v) is 18.6. The predicted molar refractivity (Wildman–Crippen MR) is 114 cm³/mol. The van der Waals surface area contributed by atoms with Gasteiger partial charge in [-0.25, -0.2) is 4.79 Å². The summed E-state index contributed by atoms with van der Waals surface area (Å²) in [7, 11) is 1.93. The maximum Gasteiger partial charge on any atom is 0.416 e. The molecule has 15 heteroatoms. The third-order valence-corrected chi connectivity index (χ3v) is 5.02. The number of piperazine rings is 1. The number of carbonyl (C=O) groups excluding carboxylic acids is 1. The normalized spacial score (nSPS) is 14.6. The zero-order valence-electron chi connectivity index (χ0n) is 18.6. The number of hydrogen-bond donors (Lipinski definition) is 2. The van der Waals surface area contributed by atoms with Crippen molar-refractivity contribution >= 4 is 23.3 Å². The number of aromatic carboxylic acids is 1. The second-order valence-corrected chi connectivity index (χ2v) is 7.77. The van der Waals surface area contributed by atoms with E-state index >= 15 is 0 Å². The lowest BCUT2D eigenvalue weighted by Crippen LogP contribution is -2.47. The number of alkyl halides is 6. The lowest BCUT2D eigenvalue weighted by atomic mass is 10.1. The van der Waals surface area contributed by atoms with E-state index in [1.165, 1.54) is 6.07 Å². The Bertz CT molecular complexity index is 1110. The highest BCUT2D eigenvalue weighted by Gasteiger charge is 2.34. The highest BCUT2D eigenvalue weighted by molar-refractivity contribution is 5.95. The number of carboxylic acids is 1. The molecular weight excluding hydrogens is 502 g/mol. The number of halogens is 6. The summed E-state index contributed by atoms with van der Waals surface area (Å²) >= 11 is 0. The number of nitrogens with zero attached hydrogens (tertiary/aromatic N) is 3. The Kier molecular flexibility index (Phi) is 8.51. The van der Waals surface area contributed by atoms with Crippen LogP contribution in [-0.2, 0) is 12.4 Å². The number of hydrogen-bond acceptors (Lipinski definition) is 6. The van der Waals surface area contributed by atoms with E-state index in [0.717, 1.165) is 12.1 Å². The van der Waals surface area contributed by atoms with Crippen molar-refractivity contribution in [2.24, 2.45) is 0 Å². The van der Waals surface area contributed by atoms with Crippen LogP contribution in [0.4, 0.5) is 37.7 Å². The van der Waals surface area contributed by atoms with Crippen molar-refractivity contribution in [3.05, 3.63) is 68.8 Å². The molecule has 0 atom stereocenters. The molecule has 1 amide bonds. The van der Waals surface area contributed by atoms with E-state index in [4.69, 9.17) is 10.8 Å².